The van der Waals surface area contributed by atoms with Crippen molar-refractivity contribution in [2.45, 2.75) is 63.1 Å². The molecule has 3 aliphatic heterocycles. The van der Waals surface area contributed by atoms with E-state index in [2.05, 4.69) is 6.92 Å². The van der Waals surface area contributed by atoms with Crippen molar-refractivity contribution in [3.8, 4) is 0 Å². The van der Waals surface area contributed by atoms with E-state index < -0.39 is 0 Å². The van der Waals surface area contributed by atoms with E-state index in [-0.39, 0.29) is 59.2 Å². The summed E-state index contributed by atoms with van der Waals surface area (Å²) in [6, 6.07) is 0. The SMILES string of the molecule is CC(=O)O[C@@H]1C[C@@]2(CO2)[C@@H]2C[C@H]3O[C@]3(C)[C@@H]2[C@@H]2OC(=O)[C@@H](C)[C@@H]21. The summed E-state index contributed by atoms with van der Waals surface area (Å²) in [7, 11) is 0. The second kappa shape index (κ2) is 4.09. The fourth-order valence-corrected chi connectivity index (χ4v) is 5.72. The number of carbonyl (C=O) groups is 2. The van der Waals surface area contributed by atoms with Gasteiger partial charge in [0, 0.05) is 31.1 Å². The van der Waals surface area contributed by atoms with Crippen molar-refractivity contribution in [2.24, 2.45) is 23.7 Å². The first-order valence-electron chi connectivity index (χ1n) is 8.55. The summed E-state index contributed by atoms with van der Waals surface area (Å²) in [6.45, 7) is 6.13. The maximum atomic E-state index is 12.2. The van der Waals surface area contributed by atoms with Gasteiger partial charge in [-0.1, -0.05) is 6.92 Å². The Morgan fingerprint density at radius 1 is 1.39 bits per heavy atom. The molecule has 0 N–H and O–H groups in total. The monoisotopic (exact) mass is 322 g/mol. The minimum Gasteiger partial charge on any atom is -0.462 e. The highest BCUT2D eigenvalue weighted by Gasteiger charge is 2.77. The Labute approximate surface area is 134 Å². The minimum atomic E-state index is -0.326. The second-order valence-corrected chi connectivity index (χ2v) is 8.13. The number of carbonyl (C=O) groups excluding carboxylic acids is 2. The molecule has 23 heavy (non-hydrogen) atoms. The number of rotatable bonds is 1. The molecule has 0 unspecified atom stereocenters. The van der Waals surface area contributed by atoms with Gasteiger partial charge >= 0.3 is 11.9 Å². The van der Waals surface area contributed by atoms with Crippen LogP contribution < -0.4 is 0 Å². The van der Waals surface area contributed by atoms with E-state index in [9.17, 15) is 9.59 Å². The van der Waals surface area contributed by atoms with Crippen LogP contribution in [0, 0.1) is 23.7 Å². The van der Waals surface area contributed by atoms with Crippen LogP contribution in [-0.4, -0.2) is 48.1 Å². The largest absolute Gasteiger partial charge is 0.462 e. The van der Waals surface area contributed by atoms with Crippen molar-refractivity contribution >= 4 is 11.9 Å². The third-order valence-corrected chi connectivity index (χ3v) is 6.96. The predicted molar refractivity (Wildman–Crippen MR) is 76.3 cm³/mol. The number of esters is 2. The predicted octanol–water partition coefficient (Wildman–Crippen LogP) is 1.06. The zero-order valence-corrected chi connectivity index (χ0v) is 13.6. The molecule has 6 nitrogen and oxygen atoms in total. The molecule has 6 heteroatoms. The molecule has 3 heterocycles. The smallest absolute Gasteiger partial charge is 0.309 e. The number of hydrogen-bond donors (Lipinski definition) is 0. The van der Waals surface area contributed by atoms with Crippen molar-refractivity contribution in [1.29, 1.82) is 0 Å². The van der Waals surface area contributed by atoms with Crippen molar-refractivity contribution in [2.75, 3.05) is 6.61 Å². The molecular formula is C17H22O6. The molecular weight excluding hydrogens is 300 g/mol. The Morgan fingerprint density at radius 3 is 2.78 bits per heavy atom. The van der Waals surface area contributed by atoms with E-state index in [0.717, 1.165) is 6.42 Å². The molecule has 5 rings (SSSR count). The fourth-order valence-electron chi connectivity index (χ4n) is 5.72. The van der Waals surface area contributed by atoms with Crippen LogP contribution in [0.1, 0.15) is 33.6 Å². The Bertz CT molecular complexity index is 598. The number of epoxide rings is 2. The van der Waals surface area contributed by atoms with Gasteiger partial charge in [0.05, 0.1) is 29.8 Å². The highest BCUT2D eigenvalue weighted by molar-refractivity contribution is 5.75. The lowest BCUT2D eigenvalue weighted by atomic mass is 9.75. The first kappa shape index (κ1) is 14.2. The van der Waals surface area contributed by atoms with Gasteiger partial charge in [-0.25, -0.2) is 0 Å². The van der Waals surface area contributed by atoms with E-state index in [0.29, 0.717) is 18.9 Å². The lowest BCUT2D eigenvalue weighted by Gasteiger charge is -2.32. The number of fused-ring (bicyclic) bond motifs is 6. The van der Waals surface area contributed by atoms with Crippen molar-refractivity contribution < 1.29 is 28.5 Å². The number of hydrogen-bond acceptors (Lipinski definition) is 6. The summed E-state index contributed by atoms with van der Waals surface area (Å²) in [5.41, 5.74) is -0.441. The van der Waals surface area contributed by atoms with Crippen LogP contribution in [-0.2, 0) is 28.5 Å². The van der Waals surface area contributed by atoms with Crippen molar-refractivity contribution in [3.63, 3.8) is 0 Å². The molecule has 3 saturated heterocycles. The van der Waals surface area contributed by atoms with Gasteiger partial charge in [0.1, 0.15) is 12.2 Å². The highest BCUT2D eigenvalue weighted by Crippen LogP contribution is 2.67. The van der Waals surface area contributed by atoms with Crippen LogP contribution >= 0.6 is 0 Å². The van der Waals surface area contributed by atoms with Gasteiger partial charge in [0.2, 0.25) is 0 Å². The molecule has 0 aromatic heterocycles. The Hall–Kier alpha value is -1.14. The Morgan fingerprint density at radius 2 is 2.13 bits per heavy atom. The molecule has 0 amide bonds. The fraction of sp³-hybridized carbons (Fsp3) is 0.882. The molecule has 5 aliphatic rings. The first-order valence-corrected chi connectivity index (χ1v) is 8.55. The van der Waals surface area contributed by atoms with Crippen LogP contribution in [0.2, 0.25) is 0 Å². The molecule has 0 bridgehead atoms. The van der Waals surface area contributed by atoms with Crippen LogP contribution in [0.4, 0.5) is 0 Å². The lowest BCUT2D eigenvalue weighted by Crippen LogP contribution is -2.42. The molecule has 1 spiro atoms. The van der Waals surface area contributed by atoms with Crippen LogP contribution in [0.25, 0.3) is 0 Å². The van der Waals surface area contributed by atoms with Gasteiger partial charge in [-0.2, -0.15) is 0 Å². The average molecular weight is 322 g/mol. The topological polar surface area (TPSA) is 77.7 Å². The number of ether oxygens (including phenoxy) is 4. The van der Waals surface area contributed by atoms with Gasteiger partial charge in [0.15, 0.2) is 0 Å². The van der Waals surface area contributed by atoms with Gasteiger partial charge in [-0.3, -0.25) is 9.59 Å². The molecule has 0 radical (unpaired) electrons. The minimum absolute atomic E-state index is 0.109. The molecule has 126 valence electrons. The highest BCUT2D eigenvalue weighted by atomic mass is 16.6. The maximum absolute atomic E-state index is 12.2. The van der Waals surface area contributed by atoms with Gasteiger partial charge in [0.25, 0.3) is 0 Å². The quantitative estimate of drug-likeness (QED) is 0.531. The standard InChI is InChI=1S/C17H22O6/c1-7-12-10(21-8(2)18)5-17(6-20-17)9-4-11-16(3,23-11)13(9)14(12)22-15(7)19/h7,9-14H,4-6H2,1-3H3/t7-,9+,10+,11+,12+,13-,14+,16-,17+/m0/s1. The van der Waals surface area contributed by atoms with Crippen LogP contribution in [0.5, 0.6) is 0 Å². The summed E-state index contributed by atoms with van der Waals surface area (Å²) in [5, 5.41) is 0. The van der Waals surface area contributed by atoms with Crippen LogP contribution in [0.15, 0.2) is 0 Å². The molecule has 0 aromatic carbocycles. The van der Waals surface area contributed by atoms with E-state index in [1.165, 1.54) is 6.92 Å². The summed E-state index contributed by atoms with van der Waals surface area (Å²) < 4.78 is 23.3. The van der Waals surface area contributed by atoms with E-state index in [1.807, 2.05) is 6.92 Å². The Balaban J connectivity index is 1.58. The normalized spacial score (nSPS) is 58.7. The van der Waals surface area contributed by atoms with Crippen molar-refractivity contribution in [1.82, 2.24) is 0 Å². The lowest BCUT2D eigenvalue weighted by molar-refractivity contribution is -0.151. The average Bonchev–Trinajstić information content (AvgIpc) is 3.32. The van der Waals surface area contributed by atoms with E-state index >= 15 is 0 Å². The maximum Gasteiger partial charge on any atom is 0.309 e. The Kier molecular flexibility index (Phi) is 2.53. The summed E-state index contributed by atoms with van der Waals surface area (Å²) in [6.07, 6.45) is 1.29. The molecule has 9 atom stereocenters. The molecule has 2 saturated carbocycles. The zero-order chi connectivity index (χ0) is 16.1. The summed E-state index contributed by atoms with van der Waals surface area (Å²) >= 11 is 0. The first-order chi connectivity index (χ1) is 10.9. The van der Waals surface area contributed by atoms with E-state index in [1.54, 1.807) is 0 Å². The van der Waals surface area contributed by atoms with E-state index in [4.69, 9.17) is 18.9 Å². The van der Waals surface area contributed by atoms with Gasteiger partial charge in [-0.15, -0.1) is 0 Å². The van der Waals surface area contributed by atoms with Crippen molar-refractivity contribution in [3.05, 3.63) is 0 Å². The third kappa shape index (κ3) is 1.71. The third-order valence-electron chi connectivity index (χ3n) is 6.96. The van der Waals surface area contributed by atoms with Crippen LogP contribution in [0.3, 0.4) is 0 Å². The summed E-state index contributed by atoms with van der Waals surface area (Å²) in [5.74, 6) is -0.416. The molecule has 0 aromatic rings. The molecule has 5 fully saturated rings. The summed E-state index contributed by atoms with van der Waals surface area (Å²) in [4.78, 5) is 23.8. The zero-order valence-electron chi connectivity index (χ0n) is 13.6. The second-order valence-electron chi connectivity index (χ2n) is 8.13. The van der Waals surface area contributed by atoms with Gasteiger partial charge in [-0.05, 0) is 13.3 Å². The molecule has 2 aliphatic carbocycles. The van der Waals surface area contributed by atoms with Gasteiger partial charge < -0.3 is 18.9 Å².